The molecule has 1 aliphatic carbocycles. The average molecular weight is 288 g/mol. The van der Waals surface area contributed by atoms with Crippen molar-refractivity contribution in [2.45, 2.75) is 0 Å². The molecule has 1 aliphatic rings. The number of hydrogen-bond acceptors (Lipinski definition) is 3. The zero-order chi connectivity index (χ0) is 15.3. The number of phenols is 1. The standard InChI is InChI=1S/C19H12O3/c20-15-9-7-12-6-8-13(11-4-2-1-3-5-11)18-17(12)14(15)10-16(21)19(18)22/h1-10,20-21H. The lowest BCUT2D eigenvalue weighted by atomic mass is 9.85. The van der Waals surface area contributed by atoms with Crippen LogP contribution in [-0.2, 0) is 0 Å². The van der Waals surface area contributed by atoms with Crippen molar-refractivity contribution in [3.63, 3.8) is 0 Å². The zero-order valence-electron chi connectivity index (χ0n) is 11.6. The van der Waals surface area contributed by atoms with E-state index >= 15 is 0 Å². The molecule has 22 heavy (non-hydrogen) atoms. The number of rotatable bonds is 1. The average Bonchev–Trinajstić information content (AvgIpc) is 2.55. The number of Topliss-reactive ketones (excluding diaryl/α,β-unsaturated/α-hetero) is 1. The summed E-state index contributed by atoms with van der Waals surface area (Å²) in [5.41, 5.74) is 2.58. The number of phenolic OH excluding ortho intramolecular Hbond substituents is 1. The quantitative estimate of drug-likeness (QED) is 0.701. The van der Waals surface area contributed by atoms with Crippen LogP contribution in [0.1, 0.15) is 15.9 Å². The van der Waals surface area contributed by atoms with E-state index in [0.29, 0.717) is 16.5 Å². The molecule has 3 heteroatoms. The van der Waals surface area contributed by atoms with Crippen molar-refractivity contribution in [3.8, 4) is 16.9 Å². The Kier molecular flexibility index (Phi) is 2.57. The largest absolute Gasteiger partial charge is 0.507 e. The molecule has 4 rings (SSSR count). The number of aromatic hydroxyl groups is 1. The maximum absolute atomic E-state index is 12.5. The Hall–Kier alpha value is -3.07. The number of benzene rings is 3. The minimum absolute atomic E-state index is 0.0537. The fraction of sp³-hybridized carbons (Fsp3) is 0. The second kappa shape index (κ2) is 4.46. The molecule has 0 heterocycles. The van der Waals surface area contributed by atoms with E-state index in [2.05, 4.69) is 0 Å². The van der Waals surface area contributed by atoms with E-state index in [0.717, 1.165) is 16.5 Å². The number of aliphatic hydroxyl groups excluding tert-OH is 1. The molecular formula is C19H12O3. The Morgan fingerprint density at radius 1 is 0.818 bits per heavy atom. The first-order valence-electron chi connectivity index (χ1n) is 6.96. The molecular weight excluding hydrogens is 276 g/mol. The molecule has 3 nitrogen and oxygen atoms in total. The van der Waals surface area contributed by atoms with Crippen molar-refractivity contribution < 1.29 is 15.0 Å². The van der Waals surface area contributed by atoms with E-state index in [4.69, 9.17) is 0 Å². The summed E-state index contributed by atoms with van der Waals surface area (Å²) in [6, 6.07) is 16.7. The van der Waals surface area contributed by atoms with Gasteiger partial charge in [-0.1, -0.05) is 48.5 Å². The van der Waals surface area contributed by atoms with Crippen LogP contribution in [0.15, 0.2) is 60.4 Å². The van der Waals surface area contributed by atoms with Gasteiger partial charge >= 0.3 is 0 Å². The molecule has 0 bridgehead atoms. The van der Waals surface area contributed by atoms with Crippen LogP contribution in [0.3, 0.4) is 0 Å². The summed E-state index contributed by atoms with van der Waals surface area (Å²) in [4.78, 5) is 12.5. The Morgan fingerprint density at radius 2 is 1.55 bits per heavy atom. The Bertz CT molecular complexity index is 953. The SMILES string of the molecule is O=C1C(O)=Cc2c(O)ccc3ccc(-c4ccccc4)c1c23. The van der Waals surface area contributed by atoms with Crippen molar-refractivity contribution >= 4 is 22.6 Å². The minimum Gasteiger partial charge on any atom is -0.507 e. The minimum atomic E-state index is -0.414. The smallest absolute Gasteiger partial charge is 0.228 e. The molecule has 3 aromatic carbocycles. The first-order chi connectivity index (χ1) is 10.7. The van der Waals surface area contributed by atoms with Gasteiger partial charge in [0, 0.05) is 16.5 Å². The van der Waals surface area contributed by atoms with Crippen LogP contribution in [0.5, 0.6) is 5.75 Å². The van der Waals surface area contributed by atoms with Gasteiger partial charge in [-0.15, -0.1) is 0 Å². The molecule has 0 radical (unpaired) electrons. The fourth-order valence-electron chi connectivity index (χ4n) is 3.00. The van der Waals surface area contributed by atoms with Gasteiger partial charge in [0.1, 0.15) is 5.75 Å². The molecule has 0 spiro atoms. The van der Waals surface area contributed by atoms with Gasteiger partial charge < -0.3 is 10.2 Å². The molecule has 2 N–H and O–H groups in total. The van der Waals surface area contributed by atoms with Crippen LogP contribution in [0.4, 0.5) is 0 Å². The number of aliphatic hydroxyl groups is 1. The van der Waals surface area contributed by atoms with Crippen molar-refractivity contribution in [3.05, 3.63) is 71.5 Å². The normalized spacial score (nSPS) is 13.3. The van der Waals surface area contributed by atoms with Gasteiger partial charge in [0.25, 0.3) is 0 Å². The predicted molar refractivity (Wildman–Crippen MR) is 86.0 cm³/mol. The molecule has 0 saturated carbocycles. The third-order valence-electron chi connectivity index (χ3n) is 4.03. The van der Waals surface area contributed by atoms with E-state index in [-0.39, 0.29) is 11.5 Å². The third kappa shape index (κ3) is 1.66. The van der Waals surface area contributed by atoms with Crippen molar-refractivity contribution in [2.75, 3.05) is 0 Å². The monoisotopic (exact) mass is 288 g/mol. The highest BCUT2D eigenvalue weighted by Gasteiger charge is 2.26. The predicted octanol–water partition coefficient (Wildman–Crippen LogP) is 4.31. The van der Waals surface area contributed by atoms with Crippen LogP contribution >= 0.6 is 0 Å². The van der Waals surface area contributed by atoms with E-state index in [9.17, 15) is 15.0 Å². The molecule has 0 aromatic heterocycles. The van der Waals surface area contributed by atoms with E-state index < -0.39 is 5.78 Å². The molecule has 3 aromatic rings. The van der Waals surface area contributed by atoms with Gasteiger partial charge in [-0.05, 0) is 28.7 Å². The second-order valence-electron chi connectivity index (χ2n) is 5.31. The summed E-state index contributed by atoms with van der Waals surface area (Å²) in [6.45, 7) is 0. The van der Waals surface area contributed by atoms with Gasteiger partial charge in [0.15, 0.2) is 5.76 Å². The van der Waals surface area contributed by atoms with Gasteiger partial charge in [0.05, 0.1) is 0 Å². The molecule has 106 valence electrons. The summed E-state index contributed by atoms with van der Waals surface area (Å²) in [7, 11) is 0. The van der Waals surface area contributed by atoms with Crippen molar-refractivity contribution in [2.24, 2.45) is 0 Å². The highest BCUT2D eigenvalue weighted by Crippen LogP contribution is 2.40. The fourth-order valence-corrected chi connectivity index (χ4v) is 3.00. The van der Waals surface area contributed by atoms with Gasteiger partial charge in [-0.25, -0.2) is 0 Å². The molecule has 0 aliphatic heterocycles. The van der Waals surface area contributed by atoms with Crippen LogP contribution < -0.4 is 0 Å². The van der Waals surface area contributed by atoms with Gasteiger partial charge in [-0.3, -0.25) is 4.79 Å². The topological polar surface area (TPSA) is 57.5 Å². The maximum Gasteiger partial charge on any atom is 0.228 e. The summed E-state index contributed by atoms with van der Waals surface area (Å²) < 4.78 is 0. The Balaban J connectivity index is 2.17. The number of carbonyl (C=O) groups excluding carboxylic acids is 1. The van der Waals surface area contributed by atoms with Crippen LogP contribution in [0, 0.1) is 0 Å². The van der Waals surface area contributed by atoms with Crippen LogP contribution in [0.2, 0.25) is 0 Å². The lowest BCUT2D eigenvalue weighted by molar-refractivity contribution is 0.0981. The lowest BCUT2D eigenvalue weighted by Gasteiger charge is -2.18. The highest BCUT2D eigenvalue weighted by atomic mass is 16.3. The Labute approximate surface area is 126 Å². The van der Waals surface area contributed by atoms with Crippen molar-refractivity contribution in [1.29, 1.82) is 0 Å². The van der Waals surface area contributed by atoms with Crippen LogP contribution in [0.25, 0.3) is 28.0 Å². The van der Waals surface area contributed by atoms with Gasteiger partial charge in [-0.2, -0.15) is 0 Å². The van der Waals surface area contributed by atoms with Crippen molar-refractivity contribution in [1.82, 2.24) is 0 Å². The number of carbonyl (C=O) groups is 1. The summed E-state index contributed by atoms with van der Waals surface area (Å²) in [6.07, 6.45) is 1.34. The number of ketones is 1. The highest BCUT2D eigenvalue weighted by molar-refractivity contribution is 6.25. The van der Waals surface area contributed by atoms with Gasteiger partial charge in [0.2, 0.25) is 5.78 Å². The Morgan fingerprint density at radius 3 is 2.32 bits per heavy atom. The number of allylic oxidation sites excluding steroid dienone is 1. The summed E-state index contributed by atoms with van der Waals surface area (Å²) >= 11 is 0. The maximum atomic E-state index is 12.5. The van der Waals surface area contributed by atoms with Crippen LogP contribution in [-0.4, -0.2) is 16.0 Å². The molecule has 0 saturated heterocycles. The second-order valence-corrected chi connectivity index (χ2v) is 5.31. The van der Waals surface area contributed by atoms with E-state index in [1.807, 2.05) is 42.5 Å². The van der Waals surface area contributed by atoms with E-state index in [1.54, 1.807) is 12.1 Å². The summed E-state index contributed by atoms with van der Waals surface area (Å²) in [5.74, 6) is -0.709. The first kappa shape index (κ1) is 12.7. The number of hydrogen-bond donors (Lipinski definition) is 2. The summed E-state index contributed by atoms with van der Waals surface area (Å²) in [5, 5.41) is 21.6. The molecule has 0 unspecified atom stereocenters. The lowest BCUT2D eigenvalue weighted by Crippen LogP contribution is -2.10. The third-order valence-corrected chi connectivity index (χ3v) is 4.03. The zero-order valence-corrected chi connectivity index (χ0v) is 11.6. The first-order valence-corrected chi connectivity index (χ1v) is 6.96. The van der Waals surface area contributed by atoms with E-state index in [1.165, 1.54) is 6.08 Å². The molecule has 0 atom stereocenters. The molecule has 0 amide bonds. The molecule has 0 fully saturated rings.